The summed E-state index contributed by atoms with van der Waals surface area (Å²) in [5.74, 6) is 0.421. The zero-order chi connectivity index (χ0) is 11.0. The molecule has 0 unspecified atom stereocenters. The summed E-state index contributed by atoms with van der Waals surface area (Å²) in [6.45, 7) is 4.16. The highest BCUT2D eigenvalue weighted by molar-refractivity contribution is 5.70. The van der Waals surface area contributed by atoms with Gasteiger partial charge >= 0.3 is 5.97 Å². The summed E-state index contributed by atoms with van der Waals surface area (Å²) in [5, 5.41) is 8.95. The highest BCUT2D eigenvalue weighted by atomic mass is 16.4. The van der Waals surface area contributed by atoms with Gasteiger partial charge in [-0.15, -0.1) is 0 Å². The van der Waals surface area contributed by atoms with Crippen molar-refractivity contribution in [2.45, 2.75) is 39.0 Å². The second-order valence-electron chi connectivity index (χ2n) is 4.48. The summed E-state index contributed by atoms with van der Waals surface area (Å²) in [6.07, 6.45) is 2.10. The normalized spacial score (nSPS) is 20.3. The van der Waals surface area contributed by atoms with E-state index in [1.165, 1.54) is 0 Å². The van der Waals surface area contributed by atoms with E-state index in [1.807, 2.05) is 0 Å². The number of carbonyl (C=O) groups is 1. The average molecular weight is 208 g/mol. The predicted molar refractivity (Wildman–Crippen MR) is 55.8 cm³/mol. The summed E-state index contributed by atoms with van der Waals surface area (Å²) in [7, 11) is 0. The Bertz CT molecular complexity index is 382. The molecule has 0 aromatic carbocycles. The van der Waals surface area contributed by atoms with Crippen molar-refractivity contribution in [1.82, 2.24) is 9.97 Å². The van der Waals surface area contributed by atoms with Crippen LogP contribution >= 0.6 is 0 Å². The first kappa shape index (κ1) is 10.2. The lowest BCUT2D eigenvalue weighted by Crippen LogP contribution is -2.22. The molecule has 0 aliphatic heterocycles. The van der Waals surface area contributed by atoms with Gasteiger partial charge in [-0.3, -0.25) is 4.79 Å². The Labute approximate surface area is 88.7 Å². The zero-order valence-electron chi connectivity index (χ0n) is 9.08. The number of H-pyrrole nitrogens is 1. The van der Waals surface area contributed by atoms with Gasteiger partial charge in [-0.2, -0.15) is 0 Å². The van der Waals surface area contributed by atoms with Gasteiger partial charge in [0.2, 0.25) is 0 Å². The first-order chi connectivity index (χ1) is 7.08. The Balaban J connectivity index is 2.22. The predicted octanol–water partition coefficient (Wildman–Crippen LogP) is 1.72. The van der Waals surface area contributed by atoms with Crippen LogP contribution in [0, 0.1) is 5.92 Å². The van der Waals surface area contributed by atoms with Crippen LogP contribution in [0.25, 0.3) is 0 Å². The molecule has 1 aliphatic rings. The van der Waals surface area contributed by atoms with Crippen LogP contribution in [0.15, 0.2) is 0 Å². The van der Waals surface area contributed by atoms with Crippen LogP contribution in [0.3, 0.4) is 0 Å². The standard InChI is InChI=1S/C11H16N2O2/c1-6(2)10-12-8-4-3-7(11(14)15)5-9(8)13-10/h6-7H,3-5H2,1-2H3,(H,12,13)(H,14,15)/t7-/m0/s1. The molecule has 0 saturated carbocycles. The van der Waals surface area contributed by atoms with Gasteiger partial charge in [0.25, 0.3) is 0 Å². The van der Waals surface area contributed by atoms with E-state index in [1.54, 1.807) is 0 Å². The number of fused-ring (bicyclic) bond motifs is 1. The molecule has 0 spiro atoms. The number of aliphatic carboxylic acids is 1. The number of carboxylic acid groups (broad SMARTS) is 1. The smallest absolute Gasteiger partial charge is 0.306 e. The van der Waals surface area contributed by atoms with E-state index in [0.29, 0.717) is 18.8 Å². The number of aromatic amines is 1. The Morgan fingerprint density at radius 2 is 2.33 bits per heavy atom. The first-order valence-electron chi connectivity index (χ1n) is 5.38. The number of imidazole rings is 1. The molecule has 1 aliphatic carbocycles. The minimum Gasteiger partial charge on any atom is -0.481 e. The van der Waals surface area contributed by atoms with Gasteiger partial charge in [0.1, 0.15) is 5.82 Å². The number of hydrogen-bond donors (Lipinski definition) is 2. The summed E-state index contributed by atoms with van der Waals surface area (Å²) in [4.78, 5) is 18.6. The van der Waals surface area contributed by atoms with Crippen molar-refractivity contribution in [3.05, 3.63) is 17.2 Å². The van der Waals surface area contributed by atoms with Crippen LogP contribution < -0.4 is 0 Å². The zero-order valence-corrected chi connectivity index (χ0v) is 9.08. The monoisotopic (exact) mass is 208 g/mol. The minimum absolute atomic E-state index is 0.238. The molecule has 0 bridgehead atoms. The number of hydrogen-bond acceptors (Lipinski definition) is 2. The van der Waals surface area contributed by atoms with E-state index >= 15 is 0 Å². The fraction of sp³-hybridized carbons (Fsp3) is 0.636. The Kier molecular flexibility index (Phi) is 2.50. The third-order valence-corrected chi connectivity index (χ3v) is 2.96. The maximum Gasteiger partial charge on any atom is 0.306 e. The highest BCUT2D eigenvalue weighted by Gasteiger charge is 2.26. The SMILES string of the molecule is CC(C)c1nc2c([nH]1)C[C@@H](C(=O)O)CC2. The van der Waals surface area contributed by atoms with Crippen LogP contribution in [0.1, 0.15) is 43.4 Å². The maximum absolute atomic E-state index is 10.9. The molecule has 1 aromatic heterocycles. The van der Waals surface area contributed by atoms with E-state index in [0.717, 1.165) is 23.6 Å². The number of rotatable bonds is 2. The Morgan fingerprint density at radius 3 is 2.93 bits per heavy atom. The number of aryl methyl sites for hydroxylation is 1. The molecule has 1 atom stereocenters. The van der Waals surface area contributed by atoms with Crippen LogP contribution in [-0.4, -0.2) is 21.0 Å². The lowest BCUT2D eigenvalue weighted by molar-refractivity contribution is -0.142. The molecule has 0 fully saturated rings. The molecule has 2 rings (SSSR count). The summed E-state index contributed by atoms with van der Waals surface area (Å²) < 4.78 is 0. The largest absolute Gasteiger partial charge is 0.481 e. The number of nitrogens with one attached hydrogen (secondary N) is 1. The van der Waals surface area contributed by atoms with Crippen molar-refractivity contribution in [2.75, 3.05) is 0 Å². The van der Waals surface area contributed by atoms with E-state index in [-0.39, 0.29) is 5.92 Å². The molecule has 4 nitrogen and oxygen atoms in total. The molecular formula is C11H16N2O2. The summed E-state index contributed by atoms with van der Waals surface area (Å²) in [6, 6.07) is 0. The molecule has 82 valence electrons. The molecule has 15 heavy (non-hydrogen) atoms. The summed E-state index contributed by atoms with van der Waals surface area (Å²) >= 11 is 0. The maximum atomic E-state index is 10.9. The second kappa shape index (κ2) is 3.68. The Morgan fingerprint density at radius 1 is 1.60 bits per heavy atom. The van der Waals surface area contributed by atoms with Crippen LogP contribution in [0.5, 0.6) is 0 Å². The van der Waals surface area contributed by atoms with Crippen molar-refractivity contribution >= 4 is 5.97 Å². The van der Waals surface area contributed by atoms with Crippen molar-refractivity contribution in [3.8, 4) is 0 Å². The first-order valence-corrected chi connectivity index (χ1v) is 5.38. The lowest BCUT2D eigenvalue weighted by atomic mass is 9.90. The molecule has 0 radical (unpaired) electrons. The van der Waals surface area contributed by atoms with Crippen molar-refractivity contribution in [2.24, 2.45) is 5.92 Å². The van der Waals surface area contributed by atoms with E-state index < -0.39 is 5.97 Å². The van der Waals surface area contributed by atoms with Gasteiger partial charge in [-0.05, 0) is 12.8 Å². The molecule has 4 heteroatoms. The minimum atomic E-state index is -0.693. The molecule has 1 heterocycles. The fourth-order valence-corrected chi connectivity index (χ4v) is 1.99. The number of carboxylic acids is 1. The number of aromatic nitrogens is 2. The molecule has 0 amide bonds. The molecule has 2 N–H and O–H groups in total. The lowest BCUT2D eigenvalue weighted by Gasteiger charge is -2.16. The van der Waals surface area contributed by atoms with Gasteiger partial charge in [0.15, 0.2) is 0 Å². The van der Waals surface area contributed by atoms with Crippen LogP contribution in [0.4, 0.5) is 0 Å². The van der Waals surface area contributed by atoms with Gasteiger partial charge < -0.3 is 10.1 Å². The van der Waals surface area contributed by atoms with Crippen molar-refractivity contribution in [1.29, 1.82) is 0 Å². The van der Waals surface area contributed by atoms with Gasteiger partial charge in [0, 0.05) is 18.0 Å². The molecule has 0 saturated heterocycles. The van der Waals surface area contributed by atoms with Crippen LogP contribution in [0.2, 0.25) is 0 Å². The topological polar surface area (TPSA) is 66.0 Å². The van der Waals surface area contributed by atoms with Gasteiger partial charge in [0.05, 0.1) is 11.6 Å². The van der Waals surface area contributed by atoms with E-state index in [4.69, 9.17) is 5.11 Å². The van der Waals surface area contributed by atoms with E-state index in [2.05, 4.69) is 23.8 Å². The number of nitrogens with zero attached hydrogens (tertiary/aromatic N) is 1. The average Bonchev–Trinajstić information content (AvgIpc) is 2.59. The van der Waals surface area contributed by atoms with Gasteiger partial charge in [-0.25, -0.2) is 4.98 Å². The third kappa shape index (κ3) is 1.89. The second-order valence-corrected chi connectivity index (χ2v) is 4.48. The molecule has 1 aromatic rings. The fourth-order valence-electron chi connectivity index (χ4n) is 1.99. The van der Waals surface area contributed by atoms with Crippen LogP contribution in [-0.2, 0) is 17.6 Å². The van der Waals surface area contributed by atoms with E-state index in [9.17, 15) is 4.79 Å². The molecular weight excluding hydrogens is 192 g/mol. The van der Waals surface area contributed by atoms with Gasteiger partial charge in [-0.1, -0.05) is 13.8 Å². The highest BCUT2D eigenvalue weighted by Crippen LogP contribution is 2.25. The third-order valence-electron chi connectivity index (χ3n) is 2.96. The van der Waals surface area contributed by atoms with Crippen molar-refractivity contribution in [3.63, 3.8) is 0 Å². The Hall–Kier alpha value is -1.32. The summed E-state index contributed by atoms with van der Waals surface area (Å²) in [5.41, 5.74) is 2.09. The van der Waals surface area contributed by atoms with Crippen molar-refractivity contribution < 1.29 is 9.90 Å². The quantitative estimate of drug-likeness (QED) is 0.777.